The van der Waals surface area contributed by atoms with Crippen molar-refractivity contribution in [3.63, 3.8) is 0 Å². The third kappa shape index (κ3) is 4.93. The maximum atomic E-state index is 5.94. The monoisotopic (exact) mass is 377 g/mol. The predicted molar refractivity (Wildman–Crippen MR) is 115 cm³/mol. The quantitative estimate of drug-likeness (QED) is 0.558. The molecule has 28 heavy (non-hydrogen) atoms. The predicted octanol–water partition coefficient (Wildman–Crippen LogP) is 4.92. The lowest BCUT2D eigenvalue weighted by atomic mass is 10.2. The number of para-hydroxylation sites is 3. The van der Waals surface area contributed by atoms with Gasteiger partial charge >= 0.3 is 0 Å². The molecule has 0 amide bonds. The first-order valence-corrected chi connectivity index (χ1v) is 10.7. The molecule has 3 aromatic rings. The number of nitrogens with zero attached hydrogens (tertiary/aromatic N) is 3. The van der Waals surface area contributed by atoms with Gasteiger partial charge in [-0.2, -0.15) is 0 Å². The molecule has 0 atom stereocenters. The van der Waals surface area contributed by atoms with Crippen molar-refractivity contribution in [1.82, 2.24) is 14.5 Å². The number of benzene rings is 2. The van der Waals surface area contributed by atoms with Crippen LogP contribution in [0.25, 0.3) is 11.0 Å². The summed E-state index contributed by atoms with van der Waals surface area (Å²) in [5, 5.41) is 0. The van der Waals surface area contributed by atoms with Gasteiger partial charge in [0, 0.05) is 6.42 Å². The van der Waals surface area contributed by atoms with Gasteiger partial charge in [0.25, 0.3) is 0 Å². The maximum absolute atomic E-state index is 5.94. The molecule has 0 bridgehead atoms. The second-order valence-corrected chi connectivity index (χ2v) is 7.69. The van der Waals surface area contributed by atoms with Gasteiger partial charge in [0.1, 0.15) is 18.2 Å². The minimum Gasteiger partial charge on any atom is -0.492 e. The molecule has 1 aromatic heterocycles. The molecule has 4 nitrogen and oxygen atoms in total. The van der Waals surface area contributed by atoms with Crippen LogP contribution >= 0.6 is 0 Å². The minimum absolute atomic E-state index is 0.656. The van der Waals surface area contributed by atoms with Crippen molar-refractivity contribution in [1.29, 1.82) is 0 Å². The molecule has 4 heteroatoms. The van der Waals surface area contributed by atoms with Crippen molar-refractivity contribution in [3.8, 4) is 5.75 Å². The van der Waals surface area contributed by atoms with Crippen molar-refractivity contribution in [2.75, 3.05) is 26.2 Å². The average Bonchev–Trinajstić information content (AvgIpc) is 2.89. The molecule has 1 aliphatic rings. The highest BCUT2D eigenvalue weighted by molar-refractivity contribution is 5.75. The summed E-state index contributed by atoms with van der Waals surface area (Å²) < 4.78 is 8.29. The Bertz CT molecular complexity index is 851. The first-order valence-electron chi connectivity index (χ1n) is 10.7. The van der Waals surface area contributed by atoms with Crippen LogP contribution in [-0.4, -0.2) is 40.7 Å². The molecule has 1 saturated heterocycles. The van der Waals surface area contributed by atoms with Gasteiger partial charge in [-0.3, -0.25) is 0 Å². The molecule has 0 aliphatic carbocycles. The fourth-order valence-corrected chi connectivity index (χ4v) is 4.16. The van der Waals surface area contributed by atoms with E-state index in [1.54, 1.807) is 0 Å². The highest BCUT2D eigenvalue weighted by Gasteiger charge is 2.12. The number of aromatic nitrogens is 2. The normalized spacial score (nSPS) is 15.6. The lowest BCUT2D eigenvalue weighted by Gasteiger charge is -2.19. The van der Waals surface area contributed by atoms with Gasteiger partial charge in [-0.1, -0.05) is 43.2 Å². The number of ether oxygens (including phenoxy) is 1. The Morgan fingerprint density at radius 3 is 2.39 bits per heavy atom. The van der Waals surface area contributed by atoms with E-state index in [0.717, 1.165) is 24.2 Å². The largest absolute Gasteiger partial charge is 0.492 e. The first-order chi connectivity index (χ1) is 13.9. The van der Waals surface area contributed by atoms with E-state index in [9.17, 15) is 0 Å². The lowest BCUT2D eigenvalue weighted by Crippen LogP contribution is -2.26. The van der Waals surface area contributed by atoms with Gasteiger partial charge in [-0.05, 0) is 63.2 Å². The van der Waals surface area contributed by atoms with Crippen LogP contribution in [0.1, 0.15) is 37.9 Å². The number of likely N-dealkylation sites (tertiary alicyclic amines) is 1. The summed E-state index contributed by atoms with van der Waals surface area (Å²) in [4.78, 5) is 7.57. The topological polar surface area (TPSA) is 30.3 Å². The molecule has 0 N–H and O–H groups in total. The second kappa shape index (κ2) is 9.74. The van der Waals surface area contributed by atoms with Crippen LogP contribution in [0.3, 0.4) is 0 Å². The van der Waals surface area contributed by atoms with Crippen molar-refractivity contribution in [2.45, 2.75) is 45.1 Å². The number of hydrogen-bond donors (Lipinski definition) is 0. The molecule has 4 rings (SSSR count). The van der Waals surface area contributed by atoms with Crippen LogP contribution in [0.15, 0.2) is 54.6 Å². The van der Waals surface area contributed by atoms with Gasteiger partial charge in [0.2, 0.25) is 0 Å². The van der Waals surface area contributed by atoms with Gasteiger partial charge < -0.3 is 14.2 Å². The standard InChI is InChI=1S/C24H31N3O/c1-2-9-17-26(16-8-1)18-10-15-24-25-22-13-6-7-14-23(22)27(24)19-20-28-21-11-4-3-5-12-21/h3-7,11-14H,1-2,8-10,15-20H2. The van der Waals surface area contributed by atoms with E-state index in [0.29, 0.717) is 6.61 Å². The number of imidazole rings is 1. The van der Waals surface area contributed by atoms with Crippen molar-refractivity contribution in [3.05, 3.63) is 60.4 Å². The molecule has 2 heterocycles. The van der Waals surface area contributed by atoms with Crippen LogP contribution in [-0.2, 0) is 13.0 Å². The van der Waals surface area contributed by atoms with Gasteiger partial charge in [-0.25, -0.2) is 4.98 Å². The summed E-state index contributed by atoms with van der Waals surface area (Å²) >= 11 is 0. The molecular weight excluding hydrogens is 346 g/mol. The van der Waals surface area contributed by atoms with Crippen molar-refractivity contribution >= 4 is 11.0 Å². The average molecular weight is 378 g/mol. The van der Waals surface area contributed by atoms with Crippen molar-refractivity contribution in [2.24, 2.45) is 0 Å². The SMILES string of the molecule is c1ccc(OCCn2c(CCCN3CCCCCC3)nc3ccccc32)cc1. The number of hydrogen-bond acceptors (Lipinski definition) is 3. The van der Waals surface area contributed by atoms with Crippen molar-refractivity contribution < 1.29 is 4.74 Å². The van der Waals surface area contributed by atoms with E-state index in [4.69, 9.17) is 9.72 Å². The molecule has 0 unspecified atom stereocenters. The molecule has 2 aromatic carbocycles. The summed E-state index contributed by atoms with van der Waals surface area (Å²) in [6.45, 7) is 5.20. The molecule has 0 radical (unpaired) electrons. The van der Waals surface area contributed by atoms with Gasteiger partial charge in [0.15, 0.2) is 0 Å². The Kier molecular flexibility index (Phi) is 6.61. The fourth-order valence-electron chi connectivity index (χ4n) is 4.16. The van der Waals surface area contributed by atoms with E-state index >= 15 is 0 Å². The Morgan fingerprint density at radius 1 is 0.821 bits per heavy atom. The zero-order chi connectivity index (χ0) is 19.0. The van der Waals surface area contributed by atoms with Crippen LogP contribution in [0.4, 0.5) is 0 Å². The summed E-state index contributed by atoms with van der Waals surface area (Å²) in [5.41, 5.74) is 2.30. The highest BCUT2D eigenvalue weighted by atomic mass is 16.5. The summed E-state index contributed by atoms with van der Waals surface area (Å²) in [6.07, 6.45) is 7.70. The lowest BCUT2D eigenvalue weighted by molar-refractivity contribution is 0.278. The minimum atomic E-state index is 0.656. The van der Waals surface area contributed by atoms with E-state index < -0.39 is 0 Å². The smallest absolute Gasteiger partial charge is 0.119 e. The third-order valence-electron chi connectivity index (χ3n) is 5.63. The van der Waals surface area contributed by atoms with E-state index in [-0.39, 0.29) is 0 Å². The number of rotatable bonds is 8. The zero-order valence-electron chi connectivity index (χ0n) is 16.7. The Labute approximate surface area is 168 Å². The Morgan fingerprint density at radius 2 is 1.57 bits per heavy atom. The molecule has 1 fully saturated rings. The Balaban J connectivity index is 1.39. The van der Waals surface area contributed by atoms with E-state index in [2.05, 4.69) is 33.7 Å². The second-order valence-electron chi connectivity index (χ2n) is 7.69. The van der Waals surface area contributed by atoms with E-state index in [1.165, 1.54) is 63.1 Å². The molecule has 0 saturated carbocycles. The summed E-state index contributed by atoms with van der Waals surface area (Å²) in [6, 6.07) is 18.5. The fraction of sp³-hybridized carbons (Fsp3) is 0.458. The van der Waals surface area contributed by atoms with Crippen LogP contribution in [0.2, 0.25) is 0 Å². The van der Waals surface area contributed by atoms with Crippen LogP contribution in [0.5, 0.6) is 5.75 Å². The summed E-state index contributed by atoms with van der Waals surface area (Å²) in [5.74, 6) is 2.11. The molecular formula is C24H31N3O. The summed E-state index contributed by atoms with van der Waals surface area (Å²) in [7, 11) is 0. The Hall–Kier alpha value is -2.33. The molecule has 1 aliphatic heterocycles. The maximum Gasteiger partial charge on any atom is 0.119 e. The van der Waals surface area contributed by atoms with Crippen LogP contribution < -0.4 is 4.74 Å². The number of fused-ring (bicyclic) bond motifs is 1. The number of aryl methyl sites for hydroxylation is 1. The third-order valence-corrected chi connectivity index (χ3v) is 5.63. The van der Waals surface area contributed by atoms with Gasteiger partial charge in [-0.15, -0.1) is 0 Å². The zero-order valence-corrected chi connectivity index (χ0v) is 16.7. The van der Waals surface area contributed by atoms with E-state index in [1.807, 2.05) is 30.3 Å². The molecule has 0 spiro atoms. The van der Waals surface area contributed by atoms with Crippen LogP contribution in [0, 0.1) is 0 Å². The highest BCUT2D eigenvalue weighted by Crippen LogP contribution is 2.18. The van der Waals surface area contributed by atoms with Gasteiger partial charge in [0.05, 0.1) is 17.6 Å². The molecule has 148 valence electrons. The first kappa shape index (κ1) is 19.0.